The number of carbonyl (C=O) groups excluding carboxylic acids is 2. The molecule has 2 aliphatic rings. The molecule has 2 unspecified atom stereocenters. The van der Waals surface area contributed by atoms with Crippen LogP contribution in [0.2, 0.25) is 12.1 Å². The molecule has 16 nitrogen and oxygen atoms in total. The van der Waals surface area contributed by atoms with Gasteiger partial charge in [0.2, 0.25) is 0 Å². The molecule has 0 spiro atoms. The average Bonchev–Trinajstić information content (AvgIpc) is 4.24. The summed E-state index contributed by atoms with van der Waals surface area (Å²) in [6, 6.07) is 20.1. The van der Waals surface area contributed by atoms with Crippen LogP contribution in [0.5, 0.6) is 23.0 Å². The van der Waals surface area contributed by atoms with Gasteiger partial charge in [-0.3, -0.25) is 0 Å². The van der Waals surface area contributed by atoms with Crippen molar-refractivity contribution in [3.63, 3.8) is 0 Å². The molecule has 2 fully saturated rings. The SMILES string of the molecule is CCO[Si](CCCNC(=O)Oc1ccc2ccc(OCC3CO3)c(Cc3c(OC(=O)NCCC[Si](OCC)(OCC)OCC)ccc4ccc(OCC5CO5)cc34)c2c1)(OCC)OCC. The van der Waals surface area contributed by atoms with Gasteiger partial charge in [0.1, 0.15) is 48.4 Å². The highest BCUT2D eigenvalue weighted by atomic mass is 28.4. The van der Waals surface area contributed by atoms with E-state index in [2.05, 4.69) is 10.6 Å². The molecule has 0 bridgehead atoms. The Balaban J connectivity index is 1.26. The summed E-state index contributed by atoms with van der Waals surface area (Å²) in [4.78, 5) is 26.8. The summed E-state index contributed by atoms with van der Waals surface area (Å²) in [7, 11) is -5.74. The summed E-state index contributed by atoms with van der Waals surface area (Å²) >= 11 is 0. The van der Waals surface area contributed by atoms with E-state index in [-0.39, 0.29) is 18.6 Å². The van der Waals surface area contributed by atoms with Crippen molar-refractivity contribution in [1.29, 1.82) is 0 Å². The van der Waals surface area contributed by atoms with E-state index >= 15 is 0 Å². The highest BCUT2D eigenvalue weighted by Gasteiger charge is 2.40. The monoisotopic (exact) mass is 938 g/mol. The average molecular weight is 939 g/mol. The van der Waals surface area contributed by atoms with Crippen LogP contribution in [-0.2, 0) is 42.5 Å². The number of fused-ring (bicyclic) bond motifs is 2. The minimum atomic E-state index is -2.89. The largest absolute Gasteiger partial charge is 0.500 e. The molecule has 0 saturated carbocycles. The maximum Gasteiger partial charge on any atom is 0.500 e. The lowest BCUT2D eigenvalue weighted by molar-refractivity contribution is 0.0700. The first-order valence-electron chi connectivity index (χ1n) is 23.0. The Labute approximate surface area is 384 Å². The van der Waals surface area contributed by atoms with Gasteiger partial charge in [0.25, 0.3) is 0 Å². The smallest absolute Gasteiger partial charge is 0.491 e. The van der Waals surface area contributed by atoms with Crippen molar-refractivity contribution in [1.82, 2.24) is 10.6 Å². The molecule has 2 aliphatic heterocycles. The van der Waals surface area contributed by atoms with Crippen LogP contribution in [0.25, 0.3) is 21.5 Å². The van der Waals surface area contributed by atoms with Crippen molar-refractivity contribution in [3.8, 4) is 23.0 Å². The first kappa shape index (κ1) is 50.1. The van der Waals surface area contributed by atoms with E-state index < -0.39 is 29.8 Å². The molecule has 0 aromatic heterocycles. The van der Waals surface area contributed by atoms with Crippen LogP contribution in [0.4, 0.5) is 9.59 Å². The minimum Gasteiger partial charge on any atom is -0.491 e. The van der Waals surface area contributed by atoms with Crippen molar-refractivity contribution >= 4 is 51.3 Å². The van der Waals surface area contributed by atoms with Crippen molar-refractivity contribution in [2.24, 2.45) is 0 Å². The minimum absolute atomic E-state index is 0.000860. The van der Waals surface area contributed by atoms with Crippen molar-refractivity contribution in [3.05, 3.63) is 71.8 Å². The van der Waals surface area contributed by atoms with E-state index in [9.17, 15) is 9.59 Å². The van der Waals surface area contributed by atoms with Gasteiger partial charge in [-0.05, 0) is 112 Å². The Hall–Kier alpha value is -4.35. The second-order valence-electron chi connectivity index (χ2n) is 15.4. The van der Waals surface area contributed by atoms with Crippen LogP contribution in [0.1, 0.15) is 65.5 Å². The zero-order valence-electron chi connectivity index (χ0n) is 38.7. The molecular weight excluding hydrogens is 873 g/mol. The molecule has 4 aromatic carbocycles. The Bertz CT molecular complexity index is 2120. The molecule has 2 amide bonds. The molecule has 2 saturated heterocycles. The van der Waals surface area contributed by atoms with Crippen molar-refractivity contribution < 1.29 is 64.6 Å². The predicted octanol–water partition coefficient (Wildman–Crippen LogP) is 8.19. The zero-order valence-corrected chi connectivity index (χ0v) is 40.7. The third kappa shape index (κ3) is 14.8. The van der Waals surface area contributed by atoms with E-state index in [4.69, 9.17) is 55.0 Å². The number of rotatable bonds is 30. The van der Waals surface area contributed by atoms with Crippen LogP contribution in [0.15, 0.2) is 60.7 Å². The van der Waals surface area contributed by atoms with Gasteiger partial charge in [-0.2, -0.15) is 0 Å². The maximum absolute atomic E-state index is 13.6. The van der Waals surface area contributed by atoms with Gasteiger partial charge >= 0.3 is 29.8 Å². The number of epoxide rings is 2. The molecular formula is C47H66N2O14Si2. The summed E-state index contributed by atoms with van der Waals surface area (Å²) in [6.07, 6.45) is 0.295. The highest BCUT2D eigenvalue weighted by molar-refractivity contribution is 6.61. The summed E-state index contributed by atoms with van der Waals surface area (Å²) in [5.74, 6) is 1.99. The number of hydrogen-bond acceptors (Lipinski definition) is 14. The number of carbonyl (C=O) groups is 2. The zero-order chi connectivity index (χ0) is 46.1. The molecule has 2 N–H and O–H groups in total. The highest BCUT2D eigenvalue weighted by Crippen LogP contribution is 2.39. The van der Waals surface area contributed by atoms with Gasteiger partial charge in [0.05, 0.1) is 13.2 Å². The fraction of sp³-hybridized carbons (Fsp3) is 0.532. The lowest BCUT2D eigenvalue weighted by atomic mass is 9.93. The van der Waals surface area contributed by atoms with E-state index in [1.54, 1.807) is 12.1 Å². The molecule has 18 heteroatoms. The number of hydrogen-bond donors (Lipinski definition) is 2. The molecule has 0 radical (unpaired) electrons. The van der Waals surface area contributed by atoms with Crippen LogP contribution in [0, 0.1) is 0 Å². The third-order valence-electron chi connectivity index (χ3n) is 10.6. The Kier molecular flexibility index (Phi) is 19.2. The molecule has 4 aromatic rings. The Morgan fingerprint density at radius 3 is 1.46 bits per heavy atom. The first-order chi connectivity index (χ1) is 31.7. The fourth-order valence-corrected chi connectivity index (χ4v) is 12.8. The summed E-state index contributed by atoms with van der Waals surface area (Å²) < 4.78 is 71.3. The molecule has 2 atom stereocenters. The van der Waals surface area contributed by atoms with Crippen molar-refractivity contribution in [2.45, 2.75) is 85.1 Å². The normalized spacial score (nSPS) is 15.8. The quantitative estimate of drug-likeness (QED) is 0.0291. The van der Waals surface area contributed by atoms with E-state index in [1.807, 2.05) is 90.1 Å². The van der Waals surface area contributed by atoms with Crippen LogP contribution in [-0.4, -0.2) is 121 Å². The Morgan fingerprint density at radius 2 is 0.969 bits per heavy atom. The summed E-state index contributed by atoms with van der Waals surface area (Å²) in [6.45, 7) is 17.1. The molecule has 0 aliphatic carbocycles. The predicted molar refractivity (Wildman–Crippen MR) is 249 cm³/mol. The number of nitrogens with one attached hydrogen (secondary N) is 2. The standard InChI is InChI=1S/C47H66N2O14Si2/c1-7-56-64(57-8-2,58-9-3)25-13-23-48-46(50)62-37-20-16-35-17-21-44(55-33-39-32-54-39)42(41(35)28-37)29-43-40-27-36(52-30-38-31-53-38)19-15-34(40)18-22-45(43)63-47(51)49-24-14-26-65(59-10-4,60-11-5)61-12-6/h15-22,27-28,38-39H,7-14,23-26,29-33H2,1-6H3,(H,48,50)(H,49,51). The lowest BCUT2D eigenvalue weighted by Crippen LogP contribution is -2.46. The lowest BCUT2D eigenvalue weighted by Gasteiger charge is -2.28. The van der Waals surface area contributed by atoms with Crippen molar-refractivity contribution in [2.75, 3.05) is 79.2 Å². The first-order valence-corrected chi connectivity index (χ1v) is 26.9. The fourth-order valence-electron chi connectivity index (χ4n) is 7.58. The topological polar surface area (TPSA) is 176 Å². The summed E-state index contributed by atoms with van der Waals surface area (Å²) in [5.41, 5.74) is 1.54. The van der Waals surface area contributed by atoms with E-state index in [1.165, 1.54) is 0 Å². The molecule has 2 heterocycles. The van der Waals surface area contributed by atoms with Crippen LogP contribution in [0.3, 0.4) is 0 Å². The Morgan fingerprint density at radius 1 is 0.554 bits per heavy atom. The van der Waals surface area contributed by atoms with Crippen LogP contribution < -0.4 is 29.6 Å². The van der Waals surface area contributed by atoms with Gasteiger partial charge in [-0.25, -0.2) is 9.59 Å². The molecule has 65 heavy (non-hydrogen) atoms. The van der Waals surface area contributed by atoms with Gasteiger partial charge in [0, 0.05) is 82.4 Å². The number of ether oxygens (including phenoxy) is 6. The second kappa shape index (κ2) is 25.0. The summed E-state index contributed by atoms with van der Waals surface area (Å²) in [5, 5.41) is 9.22. The third-order valence-corrected chi connectivity index (χ3v) is 16.9. The number of amides is 2. The van der Waals surface area contributed by atoms with Gasteiger partial charge < -0.3 is 65.6 Å². The van der Waals surface area contributed by atoms with Gasteiger partial charge in [0.15, 0.2) is 0 Å². The maximum atomic E-state index is 13.6. The van der Waals surface area contributed by atoms with E-state index in [0.717, 1.165) is 32.7 Å². The second-order valence-corrected chi connectivity index (χ2v) is 20.8. The van der Waals surface area contributed by atoms with Gasteiger partial charge in [-0.1, -0.05) is 24.3 Å². The van der Waals surface area contributed by atoms with E-state index in [0.29, 0.717) is 127 Å². The number of benzene rings is 4. The molecule has 356 valence electrons. The van der Waals surface area contributed by atoms with Gasteiger partial charge in [-0.15, -0.1) is 0 Å². The molecule has 6 rings (SSSR count). The van der Waals surface area contributed by atoms with Crippen LogP contribution >= 0.6 is 0 Å².